The second-order valence-corrected chi connectivity index (χ2v) is 6.54. The van der Waals surface area contributed by atoms with Crippen molar-refractivity contribution in [2.75, 3.05) is 7.05 Å². The molecular weight excluding hydrogens is 360 g/mol. The third-order valence-corrected chi connectivity index (χ3v) is 2.35. The molecule has 1 rings (SSSR count). The molecule has 1 amide bonds. The third-order valence-electron chi connectivity index (χ3n) is 1.49. The standard InChI is InChI=1S/C7H8ClFN2OS.F6P/c1-11(7(12)6(8)9)2-5-3-13-4-10-5;1-7(2,3,4,5)6/h3-4,6H,2H2,1H3;/q;-1/p+1. The Bertz CT molecular complexity index is 437. The van der Waals surface area contributed by atoms with Crippen LogP contribution in [0.2, 0.25) is 0 Å². The van der Waals surface area contributed by atoms with Crippen LogP contribution in [0.15, 0.2) is 10.9 Å². The maximum atomic E-state index is 12.3. The van der Waals surface area contributed by atoms with E-state index >= 15 is 0 Å². The van der Waals surface area contributed by atoms with E-state index in [0.29, 0.717) is 6.54 Å². The van der Waals surface area contributed by atoms with E-state index in [1.807, 2.05) is 5.38 Å². The van der Waals surface area contributed by atoms with Crippen LogP contribution in [0.25, 0.3) is 0 Å². The summed E-state index contributed by atoms with van der Waals surface area (Å²) in [6.07, 6.45) is 0. The van der Waals surface area contributed by atoms with Gasteiger partial charge in [-0.25, -0.2) is 9.37 Å². The van der Waals surface area contributed by atoms with Crippen molar-refractivity contribution in [2.24, 2.45) is 0 Å². The summed E-state index contributed by atoms with van der Waals surface area (Å²) in [4.78, 5) is 15.1. The SMILES string of the molecule is CN(Cc1csc[nH+]1)C(=O)C(F)Cl.F[P-](F)(F)(F)(F)F. The average molecular weight is 369 g/mol. The van der Waals surface area contributed by atoms with E-state index in [2.05, 4.69) is 4.98 Å². The molecule has 1 unspecified atom stereocenters. The van der Waals surface area contributed by atoms with Crippen LogP contribution in [0.1, 0.15) is 5.69 Å². The van der Waals surface area contributed by atoms with Crippen LogP contribution in [0.4, 0.5) is 29.6 Å². The van der Waals surface area contributed by atoms with E-state index in [9.17, 15) is 34.4 Å². The summed E-state index contributed by atoms with van der Waals surface area (Å²) in [7, 11) is -9.15. The number of hydrogen-bond donors (Lipinski definition) is 0. The zero-order valence-corrected chi connectivity index (χ0v) is 12.1. The Morgan fingerprint density at radius 1 is 1.40 bits per heavy atom. The van der Waals surface area contributed by atoms with Crippen molar-refractivity contribution in [2.45, 2.75) is 12.2 Å². The van der Waals surface area contributed by atoms with Gasteiger partial charge in [0.25, 0.3) is 11.5 Å². The minimum absolute atomic E-state index is 0.343. The Kier molecular flexibility index (Phi) is 5.42. The summed E-state index contributed by atoms with van der Waals surface area (Å²) < 4.78 is 71.5. The van der Waals surface area contributed by atoms with Gasteiger partial charge in [0.2, 0.25) is 11.2 Å². The second kappa shape index (κ2) is 5.61. The number of nitrogens with one attached hydrogen (secondary N) is 1. The Hall–Kier alpha value is -0.670. The number of nitrogens with zero attached hydrogens (tertiary/aromatic N) is 1. The number of alkyl halides is 2. The molecule has 20 heavy (non-hydrogen) atoms. The van der Waals surface area contributed by atoms with Gasteiger partial charge in [-0.3, -0.25) is 4.79 Å². The number of carbonyl (C=O) groups is 1. The molecule has 0 aliphatic heterocycles. The Balaban J connectivity index is 0.000000441. The fraction of sp³-hybridized carbons (Fsp3) is 0.429. The molecule has 3 nitrogen and oxygen atoms in total. The quantitative estimate of drug-likeness (QED) is 0.441. The molecule has 0 saturated carbocycles. The van der Waals surface area contributed by atoms with E-state index in [0.717, 1.165) is 5.69 Å². The van der Waals surface area contributed by atoms with Gasteiger partial charge in [0.05, 0.1) is 5.38 Å². The fourth-order valence-corrected chi connectivity index (χ4v) is 1.60. The van der Waals surface area contributed by atoms with E-state index in [4.69, 9.17) is 11.6 Å². The topological polar surface area (TPSA) is 34.5 Å². The molecule has 1 atom stereocenters. The Labute approximate surface area is 117 Å². The molecule has 0 spiro atoms. The number of aromatic amines is 1. The number of amides is 1. The van der Waals surface area contributed by atoms with Crippen molar-refractivity contribution < 1.29 is 39.4 Å². The van der Waals surface area contributed by atoms with Crippen LogP contribution in [-0.4, -0.2) is 23.5 Å². The first kappa shape index (κ1) is 19.3. The molecule has 0 aromatic carbocycles. The summed E-state index contributed by atoms with van der Waals surface area (Å²) in [6, 6.07) is 0. The molecule has 0 radical (unpaired) electrons. The van der Waals surface area contributed by atoms with Gasteiger partial charge in [-0.2, -0.15) is 0 Å². The molecule has 0 fully saturated rings. The van der Waals surface area contributed by atoms with Crippen LogP contribution >= 0.6 is 30.7 Å². The van der Waals surface area contributed by atoms with E-state index in [1.165, 1.54) is 23.3 Å². The van der Waals surface area contributed by atoms with Gasteiger partial charge in [0, 0.05) is 7.05 Å². The molecule has 0 bridgehead atoms. The van der Waals surface area contributed by atoms with Crippen molar-refractivity contribution in [1.29, 1.82) is 0 Å². The summed E-state index contributed by atoms with van der Waals surface area (Å²) in [5.74, 6) is -0.721. The number of rotatable bonds is 3. The van der Waals surface area contributed by atoms with Gasteiger partial charge in [-0.1, -0.05) is 22.9 Å². The number of thiazole rings is 1. The number of H-pyrrole nitrogens is 1. The van der Waals surface area contributed by atoms with Crippen molar-refractivity contribution >= 4 is 36.7 Å². The van der Waals surface area contributed by atoms with Crippen molar-refractivity contribution in [1.82, 2.24) is 4.90 Å². The van der Waals surface area contributed by atoms with Gasteiger partial charge in [-0.05, 0) is 0 Å². The van der Waals surface area contributed by atoms with Crippen molar-refractivity contribution in [3.63, 3.8) is 0 Å². The molecule has 120 valence electrons. The summed E-state index contributed by atoms with van der Waals surface area (Å²) >= 11 is 6.48. The van der Waals surface area contributed by atoms with Crippen LogP contribution in [0.5, 0.6) is 0 Å². The molecule has 0 saturated heterocycles. The van der Waals surface area contributed by atoms with E-state index in [-0.39, 0.29) is 0 Å². The predicted molar refractivity (Wildman–Crippen MR) is 61.7 cm³/mol. The zero-order chi connectivity index (χ0) is 16.3. The second-order valence-electron chi connectivity index (χ2n) is 3.49. The molecular formula is C7H9ClF7N2OPS. The minimum atomic E-state index is -10.7. The van der Waals surface area contributed by atoms with Crippen LogP contribution in [0.3, 0.4) is 0 Å². The predicted octanol–water partition coefficient (Wildman–Crippen LogP) is 4.44. The van der Waals surface area contributed by atoms with Gasteiger partial charge in [0.1, 0.15) is 6.54 Å². The summed E-state index contributed by atoms with van der Waals surface area (Å²) in [5.41, 5.74) is 0.683. The van der Waals surface area contributed by atoms with Gasteiger partial charge >= 0.3 is 33.0 Å². The Morgan fingerprint density at radius 2 is 1.85 bits per heavy atom. The Morgan fingerprint density at radius 3 is 2.15 bits per heavy atom. The molecule has 0 aliphatic carbocycles. The average Bonchev–Trinajstić information content (AvgIpc) is 2.63. The molecule has 1 heterocycles. The molecule has 0 aliphatic rings. The fourth-order valence-electron chi connectivity index (χ4n) is 0.843. The van der Waals surface area contributed by atoms with Gasteiger partial charge in [-0.15, -0.1) is 0 Å². The first-order valence-corrected chi connectivity index (χ1v) is 7.99. The number of halogens is 8. The van der Waals surface area contributed by atoms with E-state index < -0.39 is 19.3 Å². The maximum absolute atomic E-state index is 12.3. The first-order valence-electron chi connectivity index (χ1n) is 4.58. The number of hydrogen-bond acceptors (Lipinski definition) is 2. The molecule has 13 heteroatoms. The number of carbonyl (C=O) groups excluding carboxylic acids is 1. The molecule has 1 aromatic heterocycles. The van der Waals surface area contributed by atoms with Crippen LogP contribution < -0.4 is 4.98 Å². The first-order chi connectivity index (χ1) is 8.56. The van der Waals surface area contributed by atoms with E-state index in [1.54, 1.807) is 5.51 Å². The molecule has 1 aromatic rings. The monoisotopic (exact) mass is 368 g/mol. The van der Waals surface area contributed by atoms with Crippen molar-refractivity contribution in [3.05, 3.63) is 16.6 Å². The third kappa shape index (κ3) is 13.8. The summed E-state index contributed by atoms with van der Waals surface area (Å²) in [5, 5.41) is 1.85. The molecule has 1 N–H and O–H groups in total. The van der Waals surface area contributed by atoms with Gasteiger partial charge < -0.3 is 4.90 Å². The number of aromatic nitrogens is 1. The van der Waals surface area contributed by atoms with Crippen LogP contribution in [0, 0.1) is 0 Å². The van der Waals surface area contributed by atoms with Gasteiger partial charge in [0.15, 0.2) is 0 Å². The van der Waals surface area contributed by atoms with Crippen LogP contribution in [-0.2, 0) is 11.3 Å². The zero-order valence-electron chi connectivity index (χ0n) is 9.67. The summed E-state index contributed by atoms with van der Waals surface area (Å²) in [6.45, 7) is 0.343. The van der Waals surface area contributed by atoms with Crippen molar-refractivity contribution in [3.8, 4) is 0 Å². The normalized spacial score (nSPS) is 16.2.